The molecule has 1 aromatic heterocycles. The van der Waals surface area contributed by atoms with Crippen LogP contribution in [0, 0.1) is 0 Å². The first-order chi connectivity index (χ1) is 6.67. The van der Waals surface area contributed by atoms with E-state index >= 15 is 0 Å². The molecule has 0 aliphatic heterocycles. The number of likely N-dealkylation sites (N-methyl/N-ethyl adjacent to an activating group) is 1. The van der Waals surface area contributed by atoms with Gasteiger partial charge in [-0.3, -0.25) is 0 Å². The molecule has 1 N–H and O–H groups in total. The molecule has 0 amide bonds. The predicted molar refractivity (Wildman–Crippen MR) is 54.8 cm³/mol. The zero-order chi connectivity index (χ0) is 10.6. The first-order valence-electron chi connectivity index (χ1n) is 4.10. The van der Waals surface area contributed by atoms with Gasteiger partial charge in [0, 0.05) is 13.1 Å². The topological polar surface area (TPSA) is 62.1 Å². The standard InChI is InChI=1S/C7H10Cl2N4O/c1-2-13(3-4-14)7-11-5(8)10-6(9)12-7/h14H,2-4H2,1H3. The Labute approximate surface area is 91.7 Å². The van der Waals surface area contributed by atoms with Crippen molar-refractivity contribution in [1.29, 1.82) is 0 Å². The number of halogens is 2. The van der Waals surface area contributed by atoms with Gasteiger partial charge in [0.1, 0.15) is 0 Å². The van der Waals surface area contributed by atoms with Gasteiger partial charge in [-0.15, -0.1) is 0 Å². The quantitative estimate of drug-likeness (QED) is 0.846. The molecule has 1 aromatic rings. The molecule has 14 heavy (non-hydrogen) atoms. The van der Waals surface area contributed by atoms with Gasteiger partial charge in [-0.1, -0.05) is 0 Å². The SMILES string of the molecule is CCN(CCO)c1nc(Cl)nc(Cl)n1. The van der Waals surface area contributed by atoms with Crippen LogP contribution in [0.5, 0.6) is 0 Å². The monoisotopic (exact) mass is 236 g/mol. The molecule has 0 bridgehead atoms. The molecule has 0 fully saturated rings. The van der Waals surface area contributed by atoms with E-state index < -0.39 is 0 Å². The minimum Gasteiger partial charge on any atom is -0.395 e. The smallest absolute Gasteiger partial charge is 0.231 e. The van der Waals surface area contributed by atoms with Crippen molar-refractivity contribution in [2.45, 2.75) is 6.92 Å². The summed E-state index contributed by atoms with van der Waals surface area (Å²) in [5.74, 6) is 0.381. The number of anilines is 1. The van der Waals surface area contributed by atoms with E-state index in [9.17, 15) is 0 Å². The second-order valence-corrected chi connectivity index (χ2v) is 3.15. The molecule has 0 saturated heterocycles. The lowest BCUT2D eigenvalue weighted by Gasteiger charge is -2.18. The van der Waals surface area contributed by atoms with Gasteiger partial charge in [-0.05, 0) is 30.1 Å². The summed E-state index contributed by atoms with van der Waals surface area (Å²) in [7, 11) is 0. The van der Waals surface area contributed by atoms with Gasteiger partial charge in [0.2, 0.25) is 16.5 Å². The van der Waals surface area contributed by atoms with Gasteiger partial charge in [0.25, 0.3) is 0 Å². The first-order valence-corrected chi connectivity index (χ1v) is 4.85. The Kier molecular flexibility index (Phi) is 4.31. The summed E-state index contributed by atoms with van der Waals surface area (Å²) in [6.45, 7) is 3.04. The summed E-state index contributed by atoms with van der Waals surface area (Å²) in [5.41, 5.74) is 0. The molecular formula is C7H10Cl2N4O. The van der Waals surface area contributed by atoms with Gasteiger partial charge in [0.15, 0.2) is 0 Å². The van der Waals surface area contributed by atoms with Gasteiger partial charge in [0.05, 0.1) is 6.61 Å². The van der Waals surface area contributed by atoms with E-state index in [1.807, 2.05) is 6.92 Å². The maximum Gasteiger partial charge on any atom is 0.231 e. The van der Waals surface area contributed by atoms with Crippen molar-refractivity contribution in [2.75, 3.05) is 24.6 Å². The Morgan fingerprint density at radius 3 is 2.21 bits per heavy atom. The number of aromatic nitrogens is 3. The number of hydrogen-bond acceptors (Lipinski definition) is 5. The number of aliphatic hydroxyl groups is 1. The van der Waals surface area contributed by atoms with Crippen molar-refractivity contribution < 1.29 is 5.11 Å². The molecule has 0 radical (unpaired) electrons. The Hall–Kier alpha value is -0.650. The molecular weight excluding hydrogens is 227 g/mol. The van der Waals surface area contributed by atoms with Crippen LogP contribution in [0.2, 0.25) is 10.6 Å². The highest BCUT2D eigenvalue weighted by Crippen LogP contribution is 2.13. The second-order valence-electron chi connectivity index (χ2n) is 2.48. The molecule has 1 heterocycles. The summed E-state index contributed by atoms with van der Waals surface area (Å²) >= 11 is 11.2. The molecule has 0 atom stereocenters. The highest BCUT2D eigenvalue weighted by molar-refractivity contribution is 6.31. The van der Waals surface area contributed by atoms with Crippen molar-refractivity contribution in [1.82, 2.24) is 15.0 Å². The lowest BCUT2D eigenvalue weighted by atomic mass is 10.5. The summed E-state index contributed by atoms with van der Waals surface area (Å²) in [6, 6.07) is 0. The molecule has 0 aromatic carbocycles. The molecule has 0 unspecified atom stereocenters. The maximum atomic E-state index is 8.79. The number of hydrogen-bond donors (Lipinski definition) is 1. The minimum absolute atomic E-state index is 0.0226. The fourth-order valence-corrected chi connectivity index (χ4v) is 1.33. The lowest BCUT2D eigenvalue weighted by molar-refractivity contribution is 0.301. The van der Waals surface area contributed by atoms with E-state index in [0.29, 0.717) is 19.0 Å². The summed E-state index contributed by atoms with van der Waals surface area (Å²) < 4.78 is 0. The van der Waals surface area contributed by atoms with Crippen LogP contribution in [-0.4, -0.2) is 39.8 Å². The molecule has 5 nitrogen and oxygen atoms in total. The third-order valence-electron chi connectivity index (χ3n) is 1.60. The fraction of sp³-hybridized carbons (Fsp3) is 0.571. The van der Waals surface area contributed by atoms with Crippen LogP contribution in [0.15, 0.2) is 0 Å². The Morgan fingerprint density at radius 1 is 1.21 bits per heavy atom. The van der Waals surface area contributed by atoms with Crippen LogP contribution < -0.4 is 4.90 Å². The maximum absolute atomic E-state index is 8.79. The van der Waals surface area contributed by atoms with Crippen LogP contribution >= 0.6 is 23.2 Å². The molecule has 1 rings (SSSR count). The second kappa shape index (κ2) is 5.29. The first kappa shape index (κ1) is 11.4. The fourth-order valence-electron chi connectivity index (χ4n) is 0.978. The van der Waals surface area contributed by atoms with E-state index in [4.69, 9.17) is 28.3 Å². The summed E-state index contributed by atoms with van der Waals surface area (Å²) in [5, 5.41) is 8.89. The van der Waals surface area contributed by atoms with Crippen molar-refractivity contribution in [3.05, 3.63) is 10.6 Å². The largest absolute Gasteiger partial charge is 0.395 e. The summed E-state index contributed by atoms with van der Waals surface area (Å²) in [6.07, 6.45) is 0. The normalized spacial score (nSPS) is 10.3. The van der Waals surface area contributed by atoms with Crippen molar-refractivity contribution in [3.8, 4) is 0 Å². The van der Waals surface area contributed by atoms with Gasteiger partial charge < -0.3 is 10.0 Å². The third kappa shape index (κ3) is 2.94. The van der Waals surface area contributed by atoms with Crippen LogP contribution in [0.25, 0.3) is 0 Å². The van der Waals surface area contributed by atoms with Crippen LogP contribution in [0.3, 0.4) is 0 Å². The van der Waals surface area contributed by atoms with E-state index in [0.717, 1.165) is 0 Å². The van der Waals surface area contributed by atoms with Crippen molar-refractivity contribution >= 4 is 29.2 Å². The van der Waals surface area contributed by atoms with E-state index in [1.54, 1.807) is 4.90 Å². The number of aliphatic hydroxyl groups excluding tert-OH is 1. The molecule has 78 valence electrons. The molecule has 0 aliphatic carbocycles. The Balaban J connectivity index is 2.91. The molecule has 7 heteroatoms. The zero-order valence-corrected chi connectivity index (χ0v) is 9.13. The number of nitrogens with zero attached hydrogens (tertiary/aromatic N) is 4. The van der Waals surface area contributed by atoms with Crippen molar-refractivity contribution in [3.63, 3.8) is 0 Å². The molecule has 0 saturated carbocycles. The number of rotatable bonds is 4. The van der Waals surface area contributed by atoms with Crippen LogP contribution in [0.1, 0.15) is 6.92 Å². The van der Waals surface area contributed by atoms with E-state index in [-0.39, 0.29) is 17.2 Å². The van der Waals surface area contributed by atoms with Gasteiger partial charge in [-0.25, -0.2) is 0 Å². The minimum atomic E-state index is 0.0226. The van der Waals surface area contributed by atoms with Gasteiger partial charge >= 0.3 is 0 Å². The average molecular weight is 237 g/mol. The molecule has 0 aliphatic rings. The van der Waals surface area contributed by atoms with E-state index in [1.165, 1.54) is 0 Å². The highest BCUT2D eigenvalue weighted by Gasteiger charge is 2.09. The average Bonchev–Trinajstić information content (AvgIpc) is 2.12. The summed E-state index contributed by atoms with van der Waals surface area (Å²) in [4.78, 5) is 13.2. The lowest BCUT2D eigenvalue weighted by Crippen LogP contribution is -2.28. The molecule has 0 spiro atoms. The third-order valence-corrected chi connectivity index (χ3v) is 1.94. The highest BCUT2D eigenvalue weighted by atomic mass is 35.5. The Morgan fingerprint density at radius 2 is 1.79 bits per heavy atom. The predicted octanol–water partition coefficient (Wildman–Crippen LogP) is 0.997. The van der Waals surface area contributed by atoms with E-state index in [2.05, 4.69) is 15.0 Å². The Bertz CT molecular complexity index is 289. The van der Waals surface area contributed by atoms with Gasteiger partial charge in [-0.2, -0.15) is 15.0 Å². The van der Waals surface area contributed by atoms with Crippen molar-refractivity contribution in [2.24, 2.45) is 0 Å². The van der Waals surface area contributed by atoms with Crippen LogP contribution in [0.4, 0.5) is 5.95 Å². The zero-order valence-electron chi connectivity index (χ0n) is 7.61. The van der Waals surface area contributed by atoms with Crippen LogP contribution in [-0.2, 0) is 0 Å².